The van der Waals surface area contributed by atoms with E-state index in [-0.39, 0.29) is 11.9 Å². The molecule has 1 aliphatic heterocycles. The van der Waals surface area contributed by atoms with Crippen LogP contribution < -0.4 is 10.2 Å². The van der Waals surface area contributed by atoms with Crippen LogP contribution in [0.15, 0.2) is 24.3 Å². The number of amides is 2. The van der Waals surface area contributed by atoms with Gasteiger partial charge < -0.3 is 10.4 Å². The molecule has 0 aliphatic carbocycles. The molecule has 1 unspecified atom stereocenters. The second kappa shape index (κ2) is 6.16. The first-order valence-electron chi connectivity index (χ1n) is 7.29. The zero-order chi connectivity index (χ0) is 15.6. The smallest absolute Gasteiger partial charge is 0.326 e. The SMILES string of the molecule is CC1Cc2ccccc2N(C(=O)N[C@H](C(=O)O)C(C)C)C1. The number of carbonyl (C=O) groups excluding carboxylic acids is 1. The van der Waals surface area contributed by atoms with Gasteiger partial charge in [0.15, 0.2) is 0 Å². The van der Waals surface area contributed by atoms with Crippen LogP contribution >= 0.6 is 0 Å². The van der Waals surface area contributed by atoms with E-state index in [1.165, 1.54) is 0 Å². The van der Waals surface area contributed by atoms with Gasteiger partial charge in [-0.05, 0) is 29.9 Å². The molecule has 1 aromatic rings. The van der Waals surface area contributed by atoms with Crippen LogP contribution in [0.5, 0.6) is 0 Å². The van der Waals surface area contributed by atoms with Crippen LogP contribution in [-0.2, 0) is 11.2 Å². The number of nitrogens with zero attached hydrogens (tertiary/aromatic N) is 1. The lowest BCUT2D eigenvalue weighted by Gasteiger charge is -2.34. The Morgan fingerprint density at radius 3 is 2.62 bits per heavy atom. The van der Waals surface area contributed by atoms with Crippen LogP contribution in [0.25, 0.3) is 0 Å². The minimum absolute atomic E-state index is 0.163. The lowest BCUT2D eigenvalue weighted by atomic mass is 9.94. The second-order valence-corrected chi connectivity index (χ2v) is 6.06. The summed E-state index contributed by atoms with van der Waals surface area (Å²) in [6.45, 7) is 6.26. The average Bonchev–Trinajstić information content (AvgIpc) is 2.42. The Kier molecular flexibility index (Phi) is 4.50. The summed E-state index contributed by atoms with van der Waals surface area (Å²) in [6.07, 6.45) is 0.937. The van der Waals surface area contributed by atoms with Gasteiger partial charge in [-0.2, -0.15) is 0 Å². The van der Waals surface area contributed by atoms with E-state index in [9.17, 15) is 14.7 Å². The molecule has 0 bridgehead atoms. The summed E-state index contributed by atoms with van der Waals surface area (Å²) in [5.41, 5.74) is 2.00. The molecule has 21 heavy (non-hydrogen) atoms. The maximum atomic E-state index is 12.5. The molecule has 0 fully saturated rings. The molecule has 2 amide bonds. The van der Waals surface area contributed by atoms with Gasteiger partial charge in [0.25, 0.3) is 0 Å². The molecule has 1 aromatic carbocycles. The molecular weight excluding hydrogens is 268 g/mol. The van der Waals surface area contributed by atoms with Crippen molar-refractivity contribution in [1.82, 2.24) is 5.32 Å². The number of para-hydroxylation sites is 1. The van der Waals surface area contributed by atoms with Gasteiger partial charge in [-0.3, -0.25) is 4.90 Å². The quantitative estimate of drug-likeness (QED) is 0.898. The van der Waals surface area contributed by atoms with Crippen LogP contribution in [0, 0.1) is 11.8 Å². The van der Waals surface area contributed by atoms with Crippen LogP contribution in [0.2, 0.25) is 0 Å². The van der Waals surface area contributed by atoms with Crippen molar-refractivity contribution in [2.75, 3.05) is 11.4 Å². The first-order chi connectivity index (χ1) is 9.90. The van der Waals surface area contributed by atoms with Gasteiger partial charge >= 0.3 is 12.0 Å². The molecule has 0 aromatic heterocycles. The summed E-state index contributed by atoms with van der Waals surface area (Å²) in [5.74, 6) is -0.812. The zero-order valence-electron chi connectivity index (χ0n) is 12.7. The average molecular weight is 290 g/mol. The predicted octanol–water partition coefficient (Wildman–Crippen LogP) is 2.50. The largest absolute Gasteiger partial charge is 0.480 e. The van der Waals surface area contributed by atoms with Crippen molar-refractivity contribution in [3.63, 3.8) is 0 Å². The highest BCUT2D eigenvalue weighted by molar-refractivity contribution is 5.95. The van der Waals surface area contributed by atoms with E-state index in [4.69, 9.17) is 0 Å². The fraction of sp³-hybridized carbons (Fsp3) is 0.500. The van der Waals surface area contributed by atoms with Crippen molar-refractivity contribution >= 4 is 17.7 Å². The van der Waals surface area contributed by atoms with Gasteiger partial charge in [-0.25, -0.2) is 9.59 Å². The third kappa shape index (κ3) is 3.35. The molecule has 5 heteroatoms. The Bertz CT molecular complexity index is 542. The summed E-state index contributed by atoms with van der Waals surface area (Å²) in [7, 11) is 0. The van der Waals surface area contributed by atoms with Crippen molar-refractivity contribution in [1.29, 1.82) is 0 Å². The second-order valence-electron chi connectivity index (χ2n) is 6.06. The van der Waals surface area contributed by atoms with E-state index in [2.05, 4.69) is 12.2 Å². The number of nitrogens with one attached hydrogen (secondary N) is 1. The molecular formula is C16H22N2O3. The third-order valence-corrected chi connectivity index (χ3v) is 3.80. The van der Waals surface area contributed by atoms with Gasteiger partial charge in [0, 0.05) is 12.2 Å². The Balaban J connectivity index is 2.21. The summed E-state index contributed by atoms with van der Waals surface area (Å²) in [4.78, 5) is 25.4. The topological polar surface area (TPSA) is 69.6 Å². The van der Waals surface area contributed by atoms with Crippen LogP contribution in [-0.4, -0.2) is 29.7 Å². The molecule has 0 saturated carbocycles. The number of carbonyl (C=O) groups is 2. The number of fused-ring (bicyclic) bond motifs is 1. The molecule has 2 N–H and O–H groups in total. The van der Waals surface area contributed by atoms with Crippen molar-refractivity contribution in [3.05, 3.63) is 29.8 Å². The van der Waals surface area contributed by atoms with E-state index < -0.39 is 12.0 Å². The minimum Gasteiger partial charge on any atom is -0.480 e. The Morgan fingerprint density at radius 2 is 2.00 bits per heavy atom. The number of aliphatic carboxylic acids is 1. The molecule has 5 nitrogen and oxygen atoms in total. The Morgan fingerprint density at radius 1 is 1.33 bits per heavy atom. The summed E-state index contributed by atoms with van der Waals surface area (Å²) in [6, 6.07) is 6.57. The molecule has 1 aliphatic rings. The molecule has 2 atom stereocenters. The van der Waals surface area contributed by atoms with Crippen molar-refractivity contribution in [2.24, 2.45) is 11.8 Å². The minimum atomic E-state index is -1.00. The number of anilines is 1. The van der Waals surface area contributed by atoms with Crippen molar-refractivity contribution in [3.8, 4) is 0 Å². The molecule has 114 valence electrons. The summed E-state index contributed by atoms with van der Waals surface area (Å²) < 4.78 is 0. The normalized spacial score (nSPS) is 19.0. The van der Waals surface area contributed by atoms with Gasteiger partial charge in [0.05, 0.1) is 0 Å². The highest BCUT2D eigenvalue weighted by atomic mass is 16.4. The molecule has 1 heterocycles. The highest BCUT2D eigenvalue weighted by Crippen LogP contribution is 2.29. The first-order valence-corrected chi connectivity index (χ1v) is 7.29. The first kappa shape index (κ1) is 15.4. The number of carboxylic acids is 1. The monoisotopic (exact) mass is 290 g/mol. The van der Waals surface area contributed by atoms with Crippen LogP contribution in [0.3, 0.4) is 0 Å². The number of urea groups is 1. The molecule has 2 rings (SSSR count). The number of hydrogen-bond acceptors (Lipinski definition) is 2. The van der Waals surface area contributed by atoms with Crippen LogP contribution in [0.1, 0.15) is 26.3 Å². The number of rotatable bonds is 3. The van der Waals surface area contributed by atoms with Gasteiger partial charge in [-0.1, -0.05) is 39.0 Å². The molecule has 0 radical (unpaired) electrons. The fourth-order valence-electron chi connectivity index (χ4n) is 2.71. The van der Waals surface area contributed by atoms with Crippen molar-refractivity contribution < 1.29 is 14.7 Å². The predicted molar refractivity (Wildman–Crippen MR) is 81.4 cm³/mol. The lowest BCUT2D eigenvalue weighted by molar-refractivity contribution is -0.140. The molecule has 0 saturated heterocycles. The maximum Gasteiger partial charge on any atom is 0.326 e. The lowest BCUT2D eigenvalue weighted by Crippen LogP contribution is -2.52. The molecule has 0 spiro atoms. The zero-order valence-corrected chi connectivity index (χ0v) is 12.7. The van der Waals surface area contributed by atoms with E-state index in [0.29, 0.717) is 12.5 Å². The Labute approximate surface area is 125 Å². The maximum absolute atomic E-state index is 12.5. The van der Waals surface area contributed by atoms with Crippen molar-refractivity contribution in [2.45, 2.75) is 33.2 Å². The summed E-state index contributed by atoms with van der Waals surface area (Å²) >= 11 is 0. The standard InChI is InChI=1S/C16H22N2O3/c1-10(2)14(15(19)20)17-16(21)18-9-11(3)8-12-6-4-5-7-13(12)18/h4-7,10-11,14H,8-9H2,1-3H3,(H,17,21)(H,19,20)/t11?,14-/m0/s1. The van der Waals surface area contributed by atoms with Gasteiger partial charge in [0.2, 0.25) is 0 Å². The van der Waals surface area contributed by atoms with E-state index in [1.807, 2.05) is 24.3 Å². The van der Waals surface area contributed by atoms with Gasteiger partial charge in [-0.15, -0.1) is 0 Å². The Hall–Kier alpha value is -2.04. The fourth-order valence-corrected chi connectivity index (χ4v) is 2.71. The van der Waals surface area contributed by atoms with E-state index >= 15 is 0 Å². The van der Waals surface area contributed by atoms with E-state index in [1.54, 1.807) is 18.7 Å². The van der Waals surface area contributed by atoms with Crippen LogP contribution in [0.4, 0.5) is 10.5 Å². The number of benzene rings is 1. The highest BCUT2D eigenvalue weighted by Gasteiger charge is 2.30. The van der Waals surface area contributed by atoms with E-state index in [0.717, 1.165) is 17.7 Å². The van der Waals surface area contributed by atoms with Gasteiger partial charge in [0.1, 0.15) is 6.04 Å². The number of hydrogen-bond donors (Lipinski definition) is 2. The third-order valence-electron chi connectivity index (χ3n) is 3.80. The summed E-state index contributed by atoms with van der Waals surface area (Å²) in [5, 5.41) is 11.8. The number of carboxylic acid groups (broad SMARTS) is 1.